The van der Waals surface area contributed by atoms with Gasteiger partial charge in [-0.05, 0) is 43.6 Å². The Morgan fingerprint density at radius 3 is 2.80 bits per heavy atom. The van der Waals surface area contributed by atoms with Crippen LogP contribution in [0.4, 0.5) is 8.78 Å². The van der Waals surface area contributed by atoms with Gasteiger partial charge in [0.1, 0.15) is 17.2 Å². The number of nitrogens with one attached hydrogen (secondary N) is 2. The predicted octanol–water partition coefficient (Wildman–Crippen LogP) is 2.16. The number of carbonyl (C=O) groups excluding carboxylic acids is 1. The maximum absolute atomic E-state index is 13.9. The molecule has 1 fully saturated rings. The number of amides is 1. The van der Waals surface area contributed by atoms with Crippen molar-refractivity contribution in [3.63, 3.8) is 0 Å². The van der Waals surface area contributed by atoms with E-state index in [0.717, 1.165) is 19.2 Å². The molecular formula is C18H22F2N4O. The quantitative estimate of drug-likeness (QED) is 0.871. The number of rotatable bonds is 5. The van der Waals surface area contributed by atoms with Gasteiger partial charge in [-0.3, -0.25) is 9.48 Å². The number of benzene rings is 1. The van der Waals surface area contributed by atoms with Crippen molar-refractivity contribution in [3.05, 3.63) is 53.9 Å². The molecular weight excluding hydrogens is 326 g/mol. The van der Waals surface area contributed by atoms with Gasteiger partial charge in [0.05, 0.1) is 0 Å². The summed E-state index contributed by atoms with van der Waals surface area (Å²) < 4.78 is 28.7. The fourth-order valence-corrected chi connectivity index (χ4v) is 3.34. The van der Waals surface area contributed by atoms with Crippen LogP contribution in [0.15, 0.2) is 36.7 Å². The van der Waals surface area contributed by atoms with Gasteiger partial charge < -0.3 is 10.6 Å². The highest BCUT2D eigenvalue weighted by atomic mass is 19.1. The summed E-state index contributed by atoms with van der Waals surface area (Å²) in [5, 5.41) is 10.5. The van der Waals surface area contributed by atoms with Crippen molar-refractivity contribution in [2.75, 3.05) is 19.6 Å². The zero-order valence-corrected chi connectivity index (χ0v) is 14.1. The van der Waals surface area contributed by atoms with Crippen LogP contribution in [0.1, 0.15) is 31.2 Å². The summed E-state index contributed by atoms with van der Waals surface area (Å²) in [6.45, 7) is 3.54. The lowest BCUT2D eigenvalue weighted by molar-refractivity contribution is -0.132. The highest BCUT2D eigenvalue weighted by molar-refractivity contribution is 5.84. The van der Waals surface area contributed by atoms with Gasteiger partial charge in [-0.1, -0.05) is 13.0 Å². The Hall–Kier alpha value is -2.28. The van der Waals surface area contributed by atoms with E-state index in [1.165, 1.54) is 12.1 Å². The molecule has 134 valence electrons. The summed E-state index contributed by atoms with van der Waals surface area (Å²) in [5.74, 6) is -1.58. The van der Waals surface area contributed by atoms with Gasteiger partial charge in [0.15, 0.2) is 0 Å². The first-order chi connectivity index (χ1) is 12.0. The molecule has 1 aliphatic rings. The average Bonchev–Trinajstić information content (AvgIpc) is 3.15. The summed E-state index contributed by atoms with van der Waals surface area (Å²) >= 11 is 0. The first-order valence-electron chi connectivity index (χ1n) is 8.47. The maximum atomic E-state index is 13.9. The summed E-state index contributed by atoms with van der Waals surface area (Å²) in [4.78, 5) is 12.9. The first-order valence-corrected chi connectivity index (χ1v) is 8.47. The second kappa shape index (κ2) is 7.31. The summed E-state index contributed by atoms with van der Waals surface area (Å²) in [6, 6.07) is 5.32. The fraction of sp³-hybridized carbons (Fsp3) is 0.444. The SMILES string of the molecule is CC(CNC(=O)C1(n2cccn2)CCNCC1)c1ccc(F)cc1F. The first kappa shape index (κ1) is 17.5. The summed E-state index contributed by atoms with van der Waals surface area (Å²) in [7, 11) is 0. The monoisotopic (exact) mass is 348 g/mol. The molecule has 1 aliphatic heterocycles. The number of aromatic nitrogens is 2. The third kappa shape index (κ3) is 3.56. The van der Waals surface area contributed by atoms with Crippen LogP contribution in [0.3, 0.4) is 0 Å². The van der Waals surface area contributed by atoms with Crippen molar-refractivity contribution in [3.8, 4) is 0 Å². The van der Waals surface area contributed by atoms with Crippen LogP contribution in [0.25, 0.3) is 0 Å². The molecule has 1 saturated heterocycles. The molecule has 1 aromatic heterocycles. The Balaban J connectivity index is 1.71. The second-order valence-electron chi connectivity index (χ2n) is 6.51. The van der Waals surface area contributed by atoms with Gasteiger partial charge >= 0.3 is 0 Å². The van der Waals surface area contributed by atoms with Gasteiger partial charge in [0.2, 0.25) is 5.91 Å². The summed E-state index contributed by atoms with van der Waals surface area (Å²) in [5.41, 5.74) is -0.337. The molecule has 1 atom stereocenters. The zero-order chi connectivity index (χ0) is 17.9. The molecule has 0 spiro atoms. The minimum Gasteiger partial charge on any atom is -0.353 e. The minimum absolute atomic E-state index is 0.118. The molecule has 1 amide bonds. The number of hydrogen-bond donors (Lipinski definition) is 2. The molecule has 25 heavy (non-hydrogen) atoms. The molecule has 3 rings (SSSR count). The number of carbonyl (C=O) groups is 1. The van der Waals surface area contributed by atoms with Gasteiger partial charge in [0, 0.05) is 30.9 Å². The third-order valence-corrected chi connectivity index (χ3v) is 4.86. The molecule has 0 saturated carbocycles. The van der Waals surface area contributed by atoms with Gasteiger partial charge in [-0.2, -0.15) is 5.10 Å². The molecule has 0 bridgehead atoms. The molecule has 5 nitrogen and oxygen atoms in total. The van der Waals surface area contributed by atoms with Crippen molar-refractivity contribution in [1.29, 1.82) is 0 Å². The van der Waals surface area contributed by atoms with Crippen molar-refractivity contribution < 1.29 is 13.6 Å². The Morgan fingerprint density at radius 1 is 1.40 bits per heavy atom. The maximum Gasteiger partial charge on any atom is 0.248 e. The minimum atomic E-state index is -0.726. The van der Waals surface area contributed by atoms with Crippen molar-refractivity contribution in [2.45, 2.75) is 31.2 Å². The van der Waals surface area contributed by atoms with Crippen LogP contribution in [-0.4, -0.2) is 35.3 Å². The molecule has 1 unspecified atom stereocenters. The van der Waals surface area contributed by atoms with Crippen LogP contribution < -0.4 is 10.6 Å². The largest absolute Gasteiger partial charge is 0.353 e. The molecule has 2 heterocycles. The molecule has 2 aromatic rings. The average molecular weight is 348 g/mol. The van der Waals surface area contributed by atoms with E-state index >= 15 is 0 Å². The number of piperidine rings is 1. The molecule has 2 N–H and O–H groups in total. The number of halogens is 2. The molecule has 1 aromatic carbocycles. The van der Waals surface area contributed by atoms with E-state index in [9.17, 15) is 13.6 Å². The number of nitrogens with zero attached hydrogens (tertiary/aromatic N) is 2. The Labute approximate surface area is 145 Å². The van der Waals surface area contributed by atoms with E-state index in [1.54, 1.807) is 30.1 Å². The zero-order valence-electron chi connectivity index (χ0n) is 14.1. The van der Waals surface area contributed by atoms with E-state index in [2.05, 4.69) is 15.7 Å². The molecule has 0 aliphatic carbocycles. The van der Waals surface area contributed by atoms with E-state index in [1.807, 2.05) is 0 Å². The smallest absolute Gasteiger partial charge is 0.248 e. The van der Waals surface area contributed by atoms with Crippen LogP contribution in [-0.2, 0) is 10.3 Å². The topological polar surface area (TPSA) is 59.0 Å². The van der Waals surface area contributed by atoms with Crippen LogP contribution >= 0.6 is 0 Å². The standard InChI is InChI=1S/C18H22F2N4O/c1-13(15-4-3-14(19)11-16(15)20)12-22-17(25)18(5-8-21-9-6-18)24-10-2-7-23-24/h2-4,7,10-11,13,21H,5-6,8-9,12H2,1H3,(H,22,25). The Bertz CT molecular complexity index is 727. The van der Waals surface area contributed by atoms with Crippen molar-refractivity contribution in [1.82, 2.24) is 20.4 Å². The van der Waals surface area contributed by atoms with Crippen molar-refractivity contribution in [2.24, 2.45) is 0 Å². The second-order valence-corrected chi connectivity index (χ2v) is 6.51. The van der Waals surface area contributed by atoms with Crippen LogP contribution in [0.5, 0.6) is 0 Å². The number of hydrogen-bond acceptors (Lipinski definition) is 3. The highest BCUT2D eigenvalue weighted by Gasteiger charge is 2.41. The highest BCUT2D eigenvalue weighted by Crippen LogP contribution is 2.27. The predicted molar refractivity (Wildman–Crippen MR) is 90.1 cm³/mol. The summed E-state index contributed by atoms with van der Waals surface area (Å²) in [6.07, 6.45) is 4.74. The van der Waals surface area contributed by atoms with E-state index in [4.69, 9.17) is 0 Å². The van der Waals surface area contributed by atoms with Gasteiger partial charge in [-0.25, -0.2) is 8.78 Å². The van der Waals surface area contributed by atoms with E-state index in [0.29, 0.717) is 18.4 Å². The van der Waals surface area contributed by atoms with Crippen LogP contribution in [0, 0.1) is 11.6 Å². The lowest BCUT2D eigenvalue weighted by Crippen LogP contribution is -2.55. The normalized spacial score (nSPS) is 17.9. The van der Waals surface area contributed by atoms with Crippen molar-refractivity contribution >= 4 is 5.91 Å². The van der Waals surface area contributed by atoms with E-state index in [-0.39, 0.29) is 18.4 Å². The van der Waals surface area contributed by atoms with Crippen LogP contribution in [0.2, 0.25) is 0 Å². The van der Waals surface area contributed by atoms with Gasteiger partial charge in [-0.15, -0.1) is 0 Å². The lowest BCUT2D eigenvalue weighted by atomic mass is 9.87. The Morgan fingerprint density at radius 2 is 2.16 bits per heavy atom. The fourth-order valence-electron chi connectivity index (χ4n) is 3.34. The molecule has 7 heteroatoms. The van der Waals surface area contributed by atoms with E-state index < -0.39 is 17.2 Å². The Kier molecular flexibility index (Phi) is 5.13. The molecule has 0 radical (unpaired) electrons. The lowest BCUT2D eigenvalue weighted by Gasteiger charge is -2.36. The third-order valence-electron chi connectivity index (χ3n) is 4.86. The van der Waals surface area contributed by atoms with Gasteiger partial charge in [0.25, 0.3) is 0 Å².